The minimum Gasteiger partial charge on any atom is -0.352 e. The zero-order chi connectivity index (χ0) is 10.5. The van der Waals surface area contributed by atoms with E-state index in [2.05, 4.69) is 5.32 Å². The molecule has 0 radical (unpaired) electrons. The van der Waals surface area contributed by atoms with Gasteiger partial charge in [0.15, 0.2) is 0 Å². The van der Waals surface area contributed by atoms with E-state index in [0.29, 0.717) is 5.69 Å². The van der Waals surface area contributed by atoms with E-state index in [0.717, 1.165) is 5.69 Å². The fraction of sp³-hybridized carbons (Fsp3) is 0. The fourth-order valence-corrected chi connectivity index (χ4v) is 1.31. The molecule has 0 aliphatic heterocycles. The average Bonchev–Trinajstić information content (AvgIpc) is 2.46. The summed E-state index contributed by atoms with van der Waals surface area (Å²) in [6.45, 7) is 0. The van der Waals surface area contributed by atoms with Crippen molar-refractivity contribution < 1.29 is 0 Å². The lowest BCUT2D eigenvalue weighted by molar-refractivity contribution is 1.53. The highest BCUT2D eigenvalue weighted by molar-refractivity contribution is 5.58. The second-order valence-corrected chi connectivity index (χ2v) is 3.18. The minimum absolute atomic E-state index is 0.0103. The first-order chi connectivity index (χ1) is 7.36. The largest absolute Gasteiger partial charge is 0.352 e. The highest BCUT2D eigenvalue weighted by Gasteiger charge is 1.95. The van der Waals surface area contributed by atoms with Crippen molar-refractivity contribution in [2.45, 2.75) is 0 Å². The summed E-state index contributed by atoms with van der Waals surface area (Å²) < 4.78 is 0. The van der Waals surface area contributed by atoms with Crippen LogP contribution in [0.25, 0.3) is 0 Å². The predicted molar refractivity (Wildman–Crippen MR) is 62.4 cm³/mol. The lowest BCUT2D eigenvalue weighted by atomic mass is 10.3. The van der Waals surface area contributed by atoms with Gasteiger partial charge in [-0.25, -0.2) is 0 Å². The Kier molecular flexibility index (Phi) is 2.79. The number of nitrogens with one attached hydrogen (secondary N) is 1. The zero-order valence-corrected chi connectivity index (χ0v) is 8.18. The van der Waals surface area contributed by atoms with Crippen molar-refractivity contribution in [2.24, 2.45) is 0 Å². The molecular weight excluding hydrogens is 187 g/mol. The number of rotatable bonds is 2. The zero-order valence-electron chi connectivity index (χ0n) is 8.18. The highest BCUT2D eigenvalue weighted by atomic mass is 16.1. The van der Waals surface area contributed by atoms with Gasteiger partial charge in [-0.2, -0.15) is 0 Å². The van der Waals surface area contributed by atoms with Gasteiger partial charge in [0.05, 0.1) is 5.69 Å². The third kappa shape index (κ3) is 2.44. The maximum Gasteiger partial charge on any atom is 0.201 e. The van der Waals surface area contributed by atoms with Crippen LogP contribution in [-0.2, 0) is 0 Å². The molecule has 0 aliphatic carbocycles. The Morgan fingerprint density at radius 3 is 2.07 bits per heavy atom. The van der Waals surface area contributed by atoms with Gasteiger partial charge in [0.1, 0.15) is 0 Å². The molecule has 0 unspecified atom stereocenters. The van der Waals surface area contributed by atoms with E-state index in [1.807, 2.05) is 42.5 Å². The molecule has 2 nitrogen and oxygen atoms in total. The Morgan fingerprint density at radius 1 is 0.733 bits per heavy atom. The maximum atomic E-state index is 11.6. The minimum atomic E-state index is -0.0103. The number of para-hydroxylation sites is 1. The first-order valence-corrected chi connectivity index (χ1v) is 4.78. The van der Waals surface area contributed by atoms with Gasteiger partial charge in [-0.1, -0.05) is 36.4 Å². The van der Waals surface area contributed by atoms with Crippen molar-refractivity contribution in [1.29, 1.82) is 0 Å². The number of hydrogen-bond donors (Lipinski definition) is 1. The molecule has 2 rings (SSSR count). The third-order valence-corrected chi connectivity index (χ3v) is 2.05. The van der Waals surface area contributed by atoms with Crippen LogP contribution in [0.3, 0.4) is 0 Å². The van der Waals surface area contributed by atoms with Crippen LogP contribution < -0.4 is 10.7 Å². The number of anilines is 2. The normalized spacial score (nSPS) is 9.60. The summed E-state index contributed by atoms with van der Waals surface area (Å²) >= 11 is 0. The van der Waals surface area contributed by atoms with Crippen LogP contribution in [0.15, 0.2) is 65.5 Å². The summed E-state index contributed by atoms with van der Waals surface area (Å²) in [7, 11) is 0. The molecule has 0 heterocycles. The molecule has 74 valence electrons. The van der Waals surface area contributed by atoms with E-state index in [1.165, 1.54) is 0 Å². The van der Waals surface area contributed by atoms with E-state index in [-0.39, 0.29) is 5.43 Å². The van der Waals surface area contributed by atoms with E-state index >= 15 is 0 Å². The van der Waals surface area contributed by atoms with Gasteiger partial charge >= 0.3 is 0 Å². The standard InChI is InChI=1S/C13H11NO/c15-13-10-6-2-5-9-12(13)14-11-7-3-1-4-8-11/h1-10H,(H,14,15)/i14+1. The van der Waals surface area contributed by atoms with Crippen LogP contribution in [0, 0.1) is 0 Å². The van der Waals surface area contributed by atoms with Crippen LogP contribution in [0.2, 0.25) is 0 Å². The Balaban J connectivity index is 2.34. The predicted octanol–water partition coefficient (Wildman–Crippen LogP) is 2.79. The second kappa shape index (κ2) is 4.42. The molecule has 0 amide bonds. The van der Waals surface area contributed by atoms with Crippen molar-refractivity contribution in [2.75, 3.05) is 5.32 Å². The number of hydrogen-bond acceptors (Lipinski definition) is 2. The van der Waals surface area contributed by atoms with E-state index in [1.54, 1.807) is 18.2 Å². The third-order valence-electron chi connectivity index (χ3n) is 2.05. The first kappa shape index (κ1) is 9.46. The Labute approximate surface area is 88.2 Å². The molecule has 2 aromatic carbocycles. The lowest BCUT2D eigenvalue weighted by Crippen LogP contribution is -2.03. The fourth-order valence-electron chi connectivity index (χ4n) is 1.31. The van der Waals surface area contributed by atoms with Crippen LogP contribution in [0.4, 0.5) is 11.4 Å². The molecule has 0 saturated heterocycles. The summed E-state index contributed by atoms with van der Waals surface area (Å²) in [5.74, 6) is 0. The average molecular weight is 198 g/mol. The first-order valence-electron chi connectivity index (χ1n) is 4.78. The summed E-state index contributed by atoms with van der Waals surface area (Å²) in [4.78, 5) is 11.6. The monoisotopic (exact) mass is 198 g/mol. The molecule has 0 saturated carbocycles. The van der Waals surface area contributed by atoms with Gasteiger partial charge < -0.3 is 5.32 Å². The van der Waals surface area contributed by atoms with Gasteiger partial charge in [-0.15, -0.1) is 0 Å². The molecule has 0 aliphatic rings. The smallest absolute Gasteiger partial charge is 0.201 e. The Hall–Kier alpha value is -2.09. The molecule has 2 heteroatoms. The lowest BCUT2D eigenvalue weighted by Gasteiger charge is -2.02. The van der Waals surface area contributed by atoms with Crippen molar-refractivity contribution >= 4 is 11.4 Å². The topological polar surface area (TPSA) is 29.1 Å². The summed E-state index contributed by atoms with van der Waals surface area (Å²) in [5, 5.41) is 3.08. The molecule has 0 atom stereocenters. The van der Waals surface area contributed by atoms with Gasteiger partial charge in [-0.3, -0.25) is 4.79 Å². The SMILES string of the molecule is O=c1cccccc1[15NH]c1ccccc1. The van der Waals surface area contributed by atoms with E-state index < -0.39 is 0 Å². The van der Waals surface area contributed by atoms with E-state index in [9.17, 15) is 4.79 Å². The van der Waals surface area contributed by atoms with Crippen molar-refractivity contribution in [3.05, 3.63) is 70.9 Å². The van der Waals surface area contributed by atoms with Gasteiger partial charge in [0.2, 0.25) is 5.43 Å². The second-order valence-electron chi connectivity index (χ2n) is 3.18. The van der Waals surface area contributed by atoms with Crippen molar-refractivity contribution in [1.82, 2.24) is 0 Å². The summed E-state index contributed by atoms with van der Waals surface area (Å²) in [5.41, 5.74) is 1.50. The van der Waals surface area contributed by atoms with Crippen molar-refractivity contribution in [3.63, 3.8) is 0 Å². The van der Waals surface area contributed by atoms with Crippen LogP contribution >= 0.6 is 0 Å². The highest BCUT2D eigenvalue weighted by Crippen LogP contribution is 2.10. The molecule has 0 spiro atoms. The van der Waals surface area contributed by atoms with Gasteiger partial charge in [0.25, 0.3) is 0 Å². The van der Waals surface area contributed by atoms with Crippen molar-refractivity contribution in [3.8, 4) is 0 Å². The molecule has 2 aromatic rings. The van der Waals surface area contributed by atoms with Crippen LogP contribution in [0.1, 0.15) is 0 Å². The molecule has 1 N–H and O–H groups in total. The Bertz CT molecular complexity index is 494. The molecule has 15 heavy (non-hydrogen) atoms. The van der Waals surface area contributed by atoms with Crippen LogP contribution in [-0.4, -0.2) is 0 Å². The molecular formula is C13H11NO. The van der Waals surface area contributed by atoms with E-state index in [4.69, 9.17) is 0 Å². The maximum absolute atomic E-state index is 11.6. The molecule has 0 fully saturated rings. The summed E-state index contributed by atoms with van der Waals surface area (Å²) in [6.07, 6.45) is 0. The number of benzene rings is 1. The van der Waals surface area contributed by atoms with Gasteiger partial charge in [0, 0.05) is 5.69 Å². The summed E-state index contributed by atoms with van der Waals surface area (Å²) in [6, 6.07) is 18.4. The quantitative estimate of drug-likeness (QED) is 0.752. The molecule has 0 bridgehead atoms. The Morgan fingerprint density at radius 2 is 1.33 bits per heavy atom. The van der Waals surface area contributed by atoms with Crippen LogP contribution in [0.5, 0.6) is 0 Å². The van der Waals surface area contributed by atoms with Gasteiger partial charge in [-0.05, 0) is 24.3 Å². The molecule has 0 aromatic heterocycles.